The number of nitrogens with zero attached hydrogens (tertiary/aromatic N) is 2. The predicted molar refractivity (Wildman–Crippen MR) is 71.8 cm³/mol. The van der Waals surface area contributed by atoms with Gasteiger partial charge in [-0.15, -0.1) is 0 Å². The van der Waals surface area contributed by atoms with E-state index in [0.29, 0.717) is 26.2 Å². The molecular formula is C12H18FN3O2S. The van der Waals surface area contributed by atoms with Crippen molar-refractivity contribution in [2.75, 3.05) is 39.0 Å². The number of nitrogens with two attached hydrogens (primary N) is 1. The fraction of sp³-hybridized carbons (Fsp3) is 0.500. The van der Waals surface area contributed by atoms with Crippen LogP contribution < -0.4 is 5.73 Å². The first-order valence-corrected chi connectivity index (χ1v) is 7.50. The van der Waals surface area contributed by atoms with Crippen LogP contribution in [0.25, 0.3) is 0 Å². The van der Waals surface area contributed by atoms with Gasteiger partial charge in [0.1, 0.15) is 10.7 Å². The first-order chi connectivity index (χ1) is 8.82. The summed E-state index contributed by atoms with van der Waals surface area (Å²) in [4.78, 5) is 1.71. The second-order valence-corrected chi connectivity index (χ2v) is 6.76. The Labute approximate surface area is 112 Å². The van der Waals surface area contributed by atoms with Gasteiger partial charge in [-0.1, -0.05) is 0 Å². The van der Waals surface area contributed by atoms with Gasteiger partial charge in [-0.25, -0.2) is 12.8 Å². The zero-order chi connectivity index (χ0) is 14.2. The first-order valence-electron chi connectivity index (χ1n) is 6.06. The third kappa shape index (κ3) is 2.72. The van der Waals surface area contributed by atoms with Crippen molar-refractivity contribution in [2.45, 2.75) is 11.8 Å². The van der Waals surface area contributed by atoms with Crippen molar-refractivity contribution in [1.29, 1.82) is 0 Å². The number of benzene rings is 1. The highest BCUT2D eigenvalue weighted by Gasteiger charge is 2.30. The van der Waals surface area contributed by atoms with Crippen molar-refractivity contribution >= 4 is 15.7 Å². The highest BCUT2D eigenvalue weighted by atomic mass is 32.2. The number of rotatable bonds is 2. The van der Waals surface area contributed by atoms with Gasteiger partial charge in [0.25, 0.3) is 0 Å². The van der Waals surface area contributed by atoms with Gasteiger partial charge in [0, 0.05) is 31.9 Å². The normalized spacial score (nSPS) is 18.7. The largest absolute Gasteiger partial charge is 0.399 e. The molecule has 0 amide bonds. The second kappa shape index (κ2) is 5.07. The van der Waals surface area contributed by atoms with Crippen LogP contribution in [0.4, 0.5) is 10.1 Å². The quantitative estimate of drug-likeness (QED) is 0.811. The van der Waals surface area contributed by atoms with Gasteiger partial charge in [0.05, 0.1) is 0 Å². The Bertz CT molecular complexity index is 581. The molecule has 0 aliphatic carbocycles. The van der Waals surface area contributed by atoms with Gasteiger partial charge in [-0.3, -0.25) is 0 Å². The van der Waals surface area contributed by atoms with Crippen LogP contribution in [-0.2, 0) is 10.0 Å². The maximum absolute atomic E-state index is 14.0. The Kier molecular flexibility index (Phi) is 3.80. The summed E-state index contributed by atoms with van der Waals surface area (Å²) >= 11 is 0. The summed E-state index contributed by atoms with van der Waals surface area (Å²) in [5.74, 6) is -0.715. The number of piperazine rings is 1. The van der Waals surface area contributed by atoms with E-state index in [4.69, 9.17) is 5.73 Å². The van der Waals surface area contributed by atoms with E-state index in [9.17, 15) is 12.8 Å². The summed E-state index contributed by atoms with van der Waals surface area (Å²) in [5, 5.41) is 0. The molecule has 19 heavy (non-hydrogen) atoms. The SMILES string of the molecule is Cc1cc(N)cc(S(=O)(=O)N2CCN(C)CC2)c1F. The first kappa shape index (κ1) is 14.2. The minimum absolute atomic E-state index is 0.243. The number of nitrogen functional groups attached to an aromatic ring is 1. The number of aryl methyl sites for hydroxylation is 1. The summed E-state index contributed by atoms with van der Waals surface area (Å²) < 4.78 is 40.2. The topological polar surface area (TPSA) is 66.6 Å². The van der Waals surface area contributed by atoms with Crippen LogP contribution in [0.1, 0.15) is 5.56 Å². The minimum Gasteiger partial charge on any atom is -0.399 e. The van der Waals surface area contributed by atoms with Gasteiger partial charge < -0.3 is 10.6 Å². The van der Waals surface area contributed by atoms with Gasteiger partial charge in [0.15, 0.2) is 0 Å². The average molecular weight is 287 g/mol. The minimum atomic E-state index is -3.81. The summed E-state index contributed by atoms with van der Waals surface area (Å²) in [6.45, 7) is 3.53. The Hall–Kier alpha value is -1.18. The van der Waals surface area contributed by atoms with Gasteiger partial charge >= 0.3 is 0 Å². The van der Waals surface area contributed by atoms with Crippen molar-refractivity contribution in [3.63, 3.8) is 0 Å². The lowest BCUT2D eigenvalue weighted by Gasteiger charge is -2.31. The van der Waals surface area contributed by atoms with Crippen LogP contribution in [-0.4, -0.2) is 50.8 Å². The maximum atomic E-state index is 14.0. The molecule has 1 aromatic carbocycles. The lowest BCUT2D eigenvalue weighted by Crippen LogP contribution is -2.47. The van der Waals surface area contributed by atoms with Crippen molar-refractivity contribution in [1.82, 2.24) is 9.21 Å². The highest BCUT2D eigenvalue weighted by molar-refractivity contribution is 7.89. The molecule has 1 fully saturated rings. The fourth-order valence-corrected chi connectivity index (χ4v) is 3.71. The van der Waals surface area contributed by atoms with Crippen molar-refractivity contribution in [3.05, 3.63) is 23.5 Å². The van der Waals surface area contributed by atoms with Gasteiger partial charge in [-0.2, -0.15) is 4.31 Å². The Morgan fingerprint density at radius 1 is 1.21 bits per heavy atom. The van der Waals surface area contributed by atoms with E-state index in [1.165, 1.54) is 23.4 Å². The molecule has 0 radical (unpaired) electrons. The van der Waals surface area contributed by atoms with Gasteiger partial charge in [-0.05, 0) is 31.7 Å². The molecular weight excluding hydrogens is 269 g/mol. The summed E-state index contributed by atoms with van der Waals surface area (Å²) in [7, 11) is -1.88. The molecule has 1 aromatic rings. The van der Waals surface area contributed by atoms with Crippen molar-refractivity contribution < 1.29 is 12.8 Å². The molecule has 0 spiro atoms. The van der Waals surface area contributed by atoms with Crippen LogP contribution in [0.2, 0.25) is 0 Å². The van der Waals surface area contributed by atoms with E-state index in [1.54, 1.807) is 0 Å². The zero-order valence-corrected chi connectivity index (χ0v) is 11.9. The Morgan fingerprint density at radius 2 is 1.79 bits per heavy atom. The molecule has 2 rings (SSSR count). The molecule has 0 aromatic heterocycles. The molecule has 1 aliphatic heterocycles. The number of anilines is 1. The van der Waals surface area contributed by atoms with E-state index < -0.39 is 15.8 Å². The van der Waals surface area contributed by atoms with Crippen LogP contribution in [0.15, 0.2) is 17.0 Å². The van der Waals surface area contributed by atoms with Crippen LogP contribution in [0.3, 0.4) is 0 Å². The van der Waals surface area contributed by atoms with Gasteiger partial charge in [0.2, 0.25) is 10.0 Å². The molecule has 7 heteroatoms. The number of sulfonamides is 1. The van der Waals surface area contributed by atoms with E-state index >= 15 is 0 Å². The summed E-state index contributed by atoms with van der Waals surface area (Å²) in [5.41, 5.74) is 6.12. The van der Waals surface area contributed by atoms with Crippen LogP contribution in [0, 0.1) is 12.7 Å². The molecule has 2 N–H and O–H groups in total. The highest BCUT2D eigenvalue weighted by Crippen LogP contribution is 2.25. The molecule has 0 bridgehead atoms. The number of halogens is 1. The summed E-state index contributed by atoms with van der Waals surface area (Å²) in [6.07, 6.45) is 0. The van der Waals surface area contributed by atoms with Crippen LogP contribution >= 0.6 is 0 Å². The third-order valence-corrected chi connectivity index (χ3v) is 5.22. The lowest BCUT2D eigenvalue weighted by molar-refractivity contribution is 0.222. The Balaban J connectivity index is 2.40. The fourth-order valence-electron chi connectivity index (χ4n) is 2.12. The molecule has 1 aliphatic rings. The number of likely N-dealkylation sites (N-methyl/N-ethyl adjacent to an activating group) is 1. The predicted octanol–water partition coefficient (Wildman–Crippen LogP) is 0.652. The average Bonchev–Trinajstić information content (AvgIpc) is 2.34. The van der Waals surface area contributed by atoms with E-state index in [-0.39, 0.29) is 16.1 Å². The monoisotopic (exact) mass is 287 g/mol. The smallest absolute Gasteiger partial charge is 0.246 e. The molecule has 1 saturated heterocycles. The van der Waals surface area contributed by atoms with Crippen LogP contribution in [0.5, 0.6) is 0 Å². The van der Waals surface area contributed by atoms with E-state index in [0.717, 1.165) is 0 Å². The molecule has 106 valence electrons. The van der Waals surface area contributed by atoms with Crippen molar-refractivity contribution in [3.8, 4) is 0 Å². The maximum Gasteiger partial charge on any atom is 0.246 e. The zero-order valence-electron chi connectivity index (χ0n) is 11.1. The summed E-state index contributed by atoms with van der Waals surface area (Å²) in [6, 6.07) is 2.62. The molecule has 0 unspecified atom stereocenters. The number of hydrogen-bond donors (Lipinski definition) is 1. The second-order valence-electron chi connectivity index (χ2n) is 4.86. The third-order valence-electron chi connectivity index (χ3n) is 3.32. The van der Waals surface area contributed by atoms with Crippen molar-refractivity contribution in [2.24, 2.45) is 0 Å². The van der Waals surface area contributed by atoms with E-state index in [2.05, 4.69) is 0 Å². The molecule has 1 heterocycles. The molecule has 0 atom stereocenters. The standard InChI is InChI=1S/C12H18FN3O2S/c1-9-7-10(14)8-11(12(9)13)19(17,18)16-5-3-15(2)4-6-16/h7-8H,3-6,14H2,1-2H3. The lowest BCUT2D eigenvalue weighted by atomic mass is 10.2. The number of hydrogen-bond acceptors (Lipinski definition) is 4. The Morgan fingerprint density at radius 3 is 2.37 bits per heavy atom. The molecule has 5 nitrogen and oxygen atoms in total. The molecule has 0 saturated carbocycles. The van der Waals surface area contributed by atoms with E-state index in [1.807, 2.05) is 11.9 Å².